The number of hydrogen-bond donors (Lipinski definition) is 0. The Balaban J connectivity index is 2.50. The first-order chi connectivity index (χ1) is 6.77. The van der Waals surface area contributed by atoms with E-state index >= 15 is 0 Å². The fraction of sp³-hybridized carbons (Fsp3) is 0.0909. The standard InChI is InChI=1S/C11H9ClN2/c1-8-6-7-13-14-11(8)9-2-4-10(12)5-3-9/h2-7H,1H3. The van der Waals surface area contributed by atoms with Gasteiger partial charge in [0.1, 0.15) is 0 Å². The zero-order chi connectivity index (χ0) is 9.97. The molecule has 70 valence electrons. The molecule has 0 N–H and O–H groups in total. The number of nitrogens with zero attached hydrogens (tertiary/aromatic N) is 2. The van der Waals surface area contributed by atoms with Crippen LogP contribution in [0.5, 0.6) is 0 Å². The minimum atomic E-state index is 0.732. The van der Waals surface area contributed by atoms with Crippen LogP contribution in [0.1, 0.15) is 5.56 Å². The molecule has 1 heterocycles. The molecular weight excluding hydrogens is 196 g/mol. The summed E-state index contributed by atoms with van der Waals surface area (Å²) in [5, 5.41) is 8.68. The summed E-state index contributed by atoms with van der Waals surface area (Å²) in [5.74, 6) is 0. The summed E-state index contributed by atoms with van der Waals surface area (Å²) >= 11 is 5.80. The molecule has 0 radical (unpaired) electrons. The first kappa shape index (κ1) is 9.16. The van der Waals surface area contributed by atoms with Gasteiger partial charge in [-0.15, -0.1) is 0 Å². The molecule has 3 heteroatoms. The van der Waals surface area contributed by atoms with Crippen molar-refractivity contribution in [1.29, 1.82) is 0 Å². The second-order valence-corrected chi connectivity index (χ2v) is 3.51. The molecule has 2 nitrogen and oxygen atoms in total. The van der Waals surface area contributed by atoms with Gasteiger partial charge < -0.3 is 0 Å². The second-order valence-electron chi connectivity index (χ2n) is 3.07. The summed E-state index contributed by atoms with van der Waals surface area (Å²) in [5.41, 5.74) is 3.06. The van der Waals surface area contributed by atoms with Crippen molar-refractivity contribution in [3.63, 3.8) is 0 Å². The van der Waals surface area contributed by atoms with Crippen molar-refractivity contribution in [3.05, 3.63) is 47.1 Å². The van der Waals surface area contributed by atoms with Gasteiger partial charge in [0.15, 0.2) is 0 Å². The molecular formula is C11H9ClN2. The van der Waals surface area contributed by atoms with Gasteiger partial charge >= 0.3 is 0 Å². The Morgan fingerprint density at radius 2 is 1.79 bits per heavy atom. The predicted molar refractivity (Wildman–Crippen MR) is 57.2 cm³/mol. The van der Waals surface area contributed by atoms with E-state index in [1.165, 1.54) is 0 Å². The SMILES string of the molecule is Cc1ccnnc1-c1ccc(Cl)cc1. The van der Waals surface area contributed by atoms with Gasteiger partial charge in [0.2, 0.25) is 0 Å². The molecule has 0 saturated carbocycles. The van der Waals surface area contributed by atoms with Gasteiger partial charge in [-0.25, -0.2) is 0 Å². The summed E-state index contributed by atoms with van der Waals surface area (Å²) < 4.78 is 0. The smallest absolute Gasteiger partial charge is 0.0958 e. The molecule has 0 amide bonds. The Bertz CT molecular complexity index is 437. The van der Waals surface area contributed by atoms with Crippen LogP contribution in [-0.4, -0.2) is 10.2 Å². The third kappa shape index (κ3) is 1.75. The van der Waals surface area contributed by atoms with Gasteiger partial charge in [0.05, 0.1) is 5.69 Å². The van der Waals surface area contributed by atoms with Crippen LogP contribution in [0.2, 0.25) is 5.02 Å². The highest BCUT2D eigenvalue weighted by atomic mass is 35.5. The zero-order valence-electron chi connectivity index (χ0n) is 7.74. The van der Waals surface area contributed by atoms with E-state index in [1.807, 2.05) is 37.3 Å². The first-order valence-electron chi connectivity index (χ1n) is 4.31. The van der Waals surface area contributed by atoms with Crippen LogP contribution < -0.4 is 0 Å². The molecule has 2 rings (SSSR count). The van der Waals surface area contributed by atoms with Crippen molar-refractivity contribution >= 4 is 11.6 Å². The predicted octanol–water partition coefficient (Wildman–Crippen LogP) is 3.11. The largest absolute Gasteiger partial charge is 0.159 e. The number of aromatic nitrogens is 2. The average molecular weight is 205 g/mol. The Kier molecular flexibility index (Phi) is 2.46. The van der Waals surface area contributed by atoms with Crippen LogP contribution in [0.25, 0.3) is 11.3 Å². The first-order valence-corrected chi connectivity index (χ1v) is 4.69. The minimum Gasteiger partial charge on any atom is -0.159 e. The van der Waals surface area contributed by atoms with E-state index < -0.39 is 0 Å². The van der Waals surface area contributed by atoms with Crippen LogP contribution in [-0.2, 0) is 0 Å². The van der Waals surface area contributed by atoms with Gasteiger partial charge in [-0.1, -0.05) is 23.7 Å². The lowest BCUT2D eigenvalue weighted by molar-refractivity contribution is 1.02. The van der Waals surface area contributed by atoms with Gasteiger partial charge in [-0.2, -0.15) is 10.2 Å². The number of benzene rings is 1. The number of hydrogen-bond acceptors (Lipinski definition) is 2. The molecule has 0 aliphatic carbocycles. The second kappa shape index (κ2) is 3.76. The highest BCUT2D eigenvalue weighted by molar-refractivity contribution is 6.30. The van der Waals surface area contributed by atoms with E-state index in [-0.39, 0.29) is 0 Å². The van der Waals surface area contributed by atoms with Crippen molar-refractivity contribution in [1.82, 2.24) is 10.2 Å². The molecule has 0 aliphatic heterocycles. The molecule has 0 atom stereocenters. The highest BCUT2D eigenvalue weighted by Crippen LogP contribution is 2.21. The number of halogens is 1. The Labute approximate surface area is 87.6 Å². The summed E-state index contributed by atoms with van der Waals surface area (Å²) in [6, 6.07) is 9.53. The Hall–Kier alpha value is -1.41. The fourth-order valence-electron chi connectivity index (χ4n) is 1.29. The molecule has 2 aromatic rings. The van der Waals surface area contributed by atoms with E-state index in [4.69, 9.17) is 11.6 Å². The van der Waals surface area contributed by atoms with Gasteiger partial charge in [-0.05, 0) is 30.7 Å². The lowest BCUT2D eigenvalue weighted by Gasteiger charge is -2.02. The summed E-state index contributed by atoms with van der Waals surface area (Å²) in [4.78, 5) is 0. The Morgan fingerprint density at radius 1 is 1.07 bits per heavy atom. The van der Waals surface area contributed by atoms with E-state index in [1.54, 1.807) is 6.20 Å². The van der Waals surface area contributed by atoms with Crippen molar-refractivity contribution in [3.8, 4) is 11.3 Å². The lowest BCUT2D eigenvalue weighted by Crippen LogP contribution is -1.89. The molecule has 1 aromatic carbocycles. The van der Waals surface area contributed by atoms with Crippen LogP contribution in [0, 0.1) is 6.92 Å². The minimum absolute atomic E-state index is 0.732. The van der Waals surface area contributed by atoms with E-state index in [9.17, 15) is 0 Å². The van der Waals surface area contributed by atoms with E-state index in [2.05, 4.69) is 10.2 Å². The topological polar surface area (TPSA) is 25.8 Å². The van der Waals surface area contributed by atoms with E-state index in [0.717, 1.165) is 21.8 Å². The van der Waals surface area contributed by atoms with Gasteiger partial charge in [0, 0.05) is 16.8 Å². The Morgan fingerprint density at radius 3 is 2.43 bits per heavy atom. The molecule has 0 spiro atoms. The van der Waals surface area contributed by atoms with Crippen molar-refractivity contribution in [2.24, 2.45) is 0 Å². The molecule has 0 fully saturated rings. The van der Waals surface area contributed by atoms with Crippen LogP contribution in [0.3, 0.4) is 0 Å². The molecule has 14 heavy (non-hydrogen) atoms. The lowest BCUT2D eigenvalue weighted by atomic mass is 10.1. The quantitative estimate of drug-likeness (QED) is 0.714. The normalized spacial score (nSPS) is 10.1. The van der Waals surface area contributed by atoms with Crippen molar-refractivity contribution < 1.29 is 0 Å². The van der Waals surface area contributed by atoms with Gasteiger partial charge in [0.25, 0.3) is 0 Å². The third-order valence-corrected chi connectivity index (χ3v) is 2.29. The van der Waals surface area contributed by atoms with Crippen LogP contribution >= 0.6 is 11.6 Å². The number of aryl methyl sites for hydroxylation is 1. The monoisotopic (exact) mass is 204 g/mol. The molecule has 0 saturated heterocycles. The molecule has 1 aromatic heterocycles. The average Bonchev–Trinajstić information content (AvgIpc) is 2.20. The maximum atomic E-state index is 5.80. The third-order valence-electron chi connectivity index (χ3n) is 2.04. The molecule has 0 bridgehead atoms. The van der Waals surface area contributed by atoms with Crippen molar-refractivity contribution in [2.45, 2.75) is 6.92 Å². The maximum absolute atomic E-state index is 5.80. The summed E-state index contributed by atoms with van der Waals surface area (Å²) in [6.45, 7) is 2.01. The number of rotatable bonds is 1. The van der Waals surface area contributed by atoms with E-state index in [0.29, 0.717) is 0 Å². The van der Waals surface area contributed by atoms with Crippen molar-refractivity contribution in [2.75, 3.05) is 0 Å². The maximum Gasteiger partial charge on any atom is 0.0958 e. The molecule has 0 aliphatic rings. The van der Waals surface area contributed by atoms with Crippen LogP contribution in [0.4, 0.5) is 0 Å². The van der Waals surface area contributed by atoms with Gasteiger partial charge in [-0.3, -0.25) is 0 Å². The fourth-order valence-corrected chi connectivity index (χ4v) is 1.41. The highest BCUT2D eigenvalue weighted by Gasteiger charge is 2.02. The van der Waals surface area contributed by atoms with Crippen LogP contribution in [0.15, 0.2) is 36.5 Å². The summed E-state index contributed by atoms with van der Waals surface area (Å²) in [7, 11) is 0. The zero-order valence-corrected chi connectivity index (χ0v) is 8.49. The molecule has 0 unspecified atom stereocenters. The summed E-state index contributed by atoms with van der Waals surface area (Å²) in [6.07, 6.45) is 1.69.